The van der Waals surface area contributed by atoms with Crippen molar-refractivity contribution in [2.45, 2.75) is 32.6 Å². The molecule has 0 saturated carbocycles. The van der Waals surface area contributed by atoms with Gasteiger partial charge in [0.05, 0.1) is 0 Å². The minimum atomic E-state index is 0.379. The molecule has 92 valence electrons. The van der Waals surface area contributed by atoms with E-state index in [-0.39, 0.29) is 0 Å². The fourth-order valence-corrected chi connectivity index (χ4v) is 2.42. The second kappa shape index (κ2) is 6.45. The summed E-state index contributed by atoms with van der Waals surface area (Å²) in [5.41, 5.74) is 0. The van der Waals surface area contributed by atoms with E-state index in [1.165, 1.54) is 30.8 Å². The summed E-state index contributed by atoms with van der Waals surface area (Å²) in [5, 5.41) is 0.975. The van der Waals surface area contributed by atoms with Crippen molar-refractivity contribution in [3.63, 3.8) is 0 Å². The van der Waals surface area contributed by atoms with Crippen LogP contribution in [-0.2, 0) is 0 Å². The molecule has 0 spiro atoms. The van der Waals surface area contributed by atoms with Crippen molar-refractivity contribution >= 4 is 16.7 Å². The Hall–Kier alpha value is -1.28. The second-order valence-corrected chi connectivity index (χ2v) is 4.63. The van der Waals surface area contributed by atoms with Crippen LogP contribution in [0.2, 0.25) is 0 Å². The molecule has 1 aliphatic heterocycles. The molecule has 0 amide bonds. The van der Waals surface area contributed by atoms with Crippen molar-refractivity contribution in [1.29, 1.82) is 0 Å². The van der Waals surface area contributed by atoms with E-state index < -0.39 is 0 Å². The molecule has 0 atom stereocenters. The van der Waals surface area contributed by atoms with Crippen LogP contribution >= 0.6 is 11.5 Å². The summed E-state index contributed by atoms with van der Waals surface area (Å²) in [6.45, 7) is 4.57. The first-order valence-electron chi connectivity index (χ1n) is 6.07. The maximum absolute atomic E-state index is 5.37. The summed E-state index contributed by atoms with van der Waals surface area (Å²) < 4.78 is 9.56. The van der Waals surface area contributed by atoms with Crippen molar-refractivity contribution in [3.05, 3.63) is 0 Å². The lowest BCUT2D eigenvalue weighted by molar-refractivity contribution is 0.344. The van der Waals surface area contributed by atoms with E-state index >= 15 is 0 Å². The van der Waals surface area contributed by atoms with Crippen molar-refractivity contribution in [2.75, 3.05) is 24.6 Å². The van der Waals surface area contributed by atoms with E-state index in [0.717, 1.165) is 24.6 Å². The van der Waals surface area contributed by atoms with Gasteiger partial charge in [-0.25, -0.2) is 0 Å². The van der Waals surface area contributed by atoms with Crippen LogP contribution in [0.15, 0.2) is 0 Å². The van der Waals surface area contributed by atoms with Gasteiger partial charge in [-0.3, -0.25) is 0 Å². The molecule has 0 aliphatic carbocycles. The molecule has 2 heterocycles. The lowest BCUT2D eigenvalue weighted by Gasteiger charge is -2.25. The Morgan fingerprint density at radius 2 is 2.12 bits per heavy atom. The molecule has 0 aromatic carbocycles. The third-order valence-electron chi connectivity index (χ3n) is 2.60. The zero-order valence-electron chi connectivity index (χ0n) is 10.1. The summed E-state index contributed by atoms with van der Waals surface area (Å²) in [7, 11) is 0. The molecule has 17 heavy (non-hydrogen) atoms. The molecule has 1 saturated heterocycles. The van der Waals surface area contributed by atoms with Crippen molar-refractivity contribution in [3.8, 4) is 17.9 Å². The quantitative estimate of drug-likeness (QED) is 0.773. The highest BCUT2D eigenvalue weighted by Crippen LogP contribution is 2.23. The fraction of sp³-hybridized carbons (Fsp3) is 0.667. The molecule has 0 unspecified atom stereocenters. The second-order valence-electron chi connectivity index (χ2n) is 3.90. The van der Waals surface area contributed by atoms with E-state index in [4.69, 9.17) is 4.74 Å². The van der Waals surface area contributed by atoms with Crippen molar-refractivity contribution in [2.24, 2.45) is 0 Å². The molecule has 1 aromatic heterocycles. The number of hydrogen-bond donors (Lipinski definition) is 0. The summed E-state index contributed by atoms with van der Waals surface area (Å²) >= 11 is 1.41. The number of aromatic nitrogens is 2. The number of rotatable bonds is 3. The summed E-state index contributed by atoms with van der Waals surface area (Å²) in [5.74, 6) is 5.86. The van der Waals surface area contributed by atoms with Crippen LogP contribution in [0.25, 0.3) is 0 Å². The van der Waals surface area contributed by atoms with E-state index in [0.29, 0.717) is 12.6 Å². The maximum atomic E-state index is 5.37. The first-order valence-corrected chi connectivity index (χ1v) is 6.84. The van der Waals surface area contributed by atoms with Crippen LogP contribution in [0.4, 0.5) is 5.13 Å². The number of hydrogen-bond acceptors (Lipinski definition) is 5. The predicted octanol–water partition coefficient (Wildman–Crippen LogP) is 2.32. The number of ether oxygens (including phenoxy) is 1. The van der Waals surface area contributed by atoms with Gasteiger partial charge >= 0.3 is 6.01 Å². The molecule has 1 aromatic rings. The number of nitrogens with zero attached hydrogens (tertiary/aromatic N) is 3. The Kier molecular flexibility index (Phi) is 4.63. The van der Waals surface area contributed by atoms with Gasteiger partial charge in [-0.15, -0.1) is 10.3 Å². The van der Waals surface area contributed by atoms with Gasteiger partial charge in [-0.05, 0) is 19.3 Å². The lowest BCUT2D eigenvalue weighted by atomic mass is 10.1. The molecule has 0 N–H and O–H groups in total. The highest BCUT2D eigenvalue weighted by Gasteiger charge is 2.15. The van der Waals surface area contributed by atoms with Gasteiger partial charge in [-0.1, -0.05) is 12.8 Å². The van der Waals surface area contributed by atoms with Gasteiger partial charge in [-0.2, -0.15) is 4.98 Å². The normalized spacial score (nSPS) is 15.2. The average Bonchev–Trinajstić information content (AvgIpc) is 2.85. The fourth-order valence-electron chi connectivity index (χ4n) is 1.75. The summed E-state index contributed by atoms with van der Waals surface area (Å²) in [6, 6.07) is 0.459. The Morgan fingerprint density at radius 1 is 1.29 bits per heavy atom. The molecule has 0 radical (unpaired) electrons. The molecule has 1 fully saturated rings. The van der Waals surface area contributed by atoms with Crippen LogP contribution in [0.5, 0.6) is 6.01 Å². The Bertz CT molecular complexity index is 401. The lowest BCUT2D eigenvalue weighted by Crippen LogP contribution is -2.29. The third kappa shape index (κ3) is 3.60. The van der Waals surface area contributed by atoms with Crippen LogP contribution in [0.3, 0.4) is 0 Å². The first kappa shape index (κ1) is 12.2. The van der Waals surface area contributed by atoms with Gasteiger partial charge in [0.25, 0.3) is 0 Å². The van der Waals surface area contributed by atoms with E-state index in [2.05, 4.69) is 26.1 Å². The average molecular weight is 251 g/mol. The monoisotopic (exact) mass is 251 g/mol. The van der Waals surface area contributed by atoms with Gasteiger partial charge in [0.15, 0.2) is 6.61 Å². The van der Waals surface area contributed by atoms with E-state index in [1.807, 2.05) is 6.92 Å². The van der Waals surface area contributed by atoms with Gasteiger partial charge < -0.3 is 9.64 Å². The molecule has 0 bridgehead atoms. The van der Waals surface area contributed by atoms with Gasteiger partial charge in [0.2, 0.25) is 5.13 Å². The van der Waals surface area contributed by atoms with Crippen LogP contribution in [-0.4, -0.2) is 29.1 Å². The zero-order valence-corrected chi connectivity index (χ0v) is 10.9. The van der Waals surface area contributed by atoms with Crippen LogP contribution in [0.1, 0.15) is 32.6 Å². The minimum absolute atomic E-state index is 0.379. The smallest absolute Gasteiger partial charge is 0.331 e. The third-order valence-corrected chi connectivity index (χ3v) is 3.36. The Labute approximate surface area is 106 Å². The van der Waals surface area contributed by atoms with Crippen LogP contribution < -0.4 is 9.64 Å². The standard InChI is InChI=1S/C12H17N3OS/c1-2-3-7-10-16-11-13-12(17-14-11)15-8-5-4-6-9-15/h2,4-6,8-10H2,1H3. The molecule has 5 heteroatoms. The first-order chi connectivity index (χ1) is 8.40. The minimum Gasteiger partial charge on any atom is -0.450 e. The van der Waals surface area contributed by atoms with Crippen molar-refractivity contribution in [1.82, 2.24) is 9.36 Å². The van der Waals surface area contributed by atoms with E-state index in [9.17, 15) is 0 Å². The summed E-state index contributed by atoms with van der Waals surface area (Å²) in [4.78, 5) is 6.66. The zero-order chi connectivity index (χ0) is 11.9. The molecule has 1 aliphatic rings. The Balaban J connectivity index is 1.86. The van der Waals surface area contributed by atoms with Crippen LogP contribution in [0, 0.1) is 11.8 Å². The van der Waals surface area contributed by atoms with Gasteiger partial charge in [0.1, 0.15) is 0 Å². The molecule has 2 rings (SSSR count). The summed E-state index contributed by atoms with van der Waals surface area (Å²) in [6.07, 6.45) is 4.67. The number of anilines is 1. The largest absolute Gasteiger partial charge is 0.450 e. The maximum Gasteiger partial charge on any atom is 0.331 e. The predicted molar refractivity (Wildman–Crippen MR) is 69.5 cm³/mol. The van der Waals surface area contributed by atoms with Gasteiger partial charge in [0, 0.05) is 31.0 Å². The van der Waals surface area contributed by atoms with E-state index in [1.54, 1.807) is 0 Å². The molecule has 4 nitrogen and oxygen atoms in total. The SMILES string of the molecule is CCC#CCOc1nsc(N2CCCCC2)n1. The molecular weight excluding hydrogens is 234 g/mol. The topological polar surface area (TPSA) is 38.2 Å². The number of piperidine rings is 1. The molecular formula is C12H17N3OS. The Morgan fingerprint density at radius 3 is 2.88 bits per heavy atom. The highest BCUT2D eigenvalue weighted by atomic mass is 32.1. The van der Waals surface area contributed by atoms with Crippen molar-refractivity contribution < 1.29 is 4.74 Å². The highest BCUT2D eigenvalue weighted by molar-refractivity contribution is 7.09.